The third kappa shape index (κ3) is 4.85. The van der Waals surface area contributed by atoms with E-state index in [-0.39, 0.29) is 24.5 Å². The molecule has 1 aromatic heterocycles. The number of benzene rings is 3. The lowest BCUT2D eigenvalue weighted by atomic mass is 10.0. The maximum Gasteiger partial charge on any atom is 0.274 e. The first kappa shape index (κ1) is 20.9. The van der Waals surface area contributed by atoms with Gasteiger partial charge in [0.25, 0.3) is 15.8 Å². The van der Waals surface area contributed by atoms with E-state index in [1.165, 1.54) is 16.8 Å². The first-order valence-electron chi connectivity index (χ1n) is 9.41. The van der Waals surface area contributed by atoms with Crippen molar-refractivity contribution >= 4 is 21.0 Å². The number of rotatable bonds is 6. The van der Waals surface area contributed by atoms with Crippen LogP contribution in [0.15, 0.2) is 77.6 Å². The predicted octanol–water partition coefficient (Wildman–Crippen LogP) is 2.54. The molecule has 0 unspecified atom stereocenters. The molecule has 0 atom stereocenters. The lowest BCUT2D eigenvalue weighted by molar-refractivity contribution is 0.583. The summed E-state index contributed by atoms with van der Waals surface area (Å²) in [7, 11) is -3.78. The lowest BCUT2D eigenvalue weighted by Crippen LogP contribution is -2.30. The largest absolute Gasteiger partial charge is 0.274 e. The second-order valence-electron chi connectivity index (χ2n) is 7.05. The molecule has 4 rings (SSSR count). The molecule has 0 saturated heterocycles. The number of fused-ring (bicyclic) bond motifs is 1. The van der Waals surface area contributed by atoms with Gasteiger partial charge >= 0.3 is 0 Å². The number of nitrogens with two attached hydrogens (primary N) is 1. The third-order valence-electron chi connectivity index (χ3n) is 4.82. The Kier molecular flexibility index (Phi) is 5.64. The molecule has 7 nitrogen and oxygen atoms in total. The minimum Gasteiger partial charge on any atom is -0.267 e. The Balaban J connectivity index is 1.75. The monoisotopic (exact) mass is 438 g/mol. The smallest absolute Gasteiger partial charge is 0.267 e. The molecule has 0 bridgehead atoms. The first-order valence-corrected chi connectivity index (χ1v) is 11.0. The van der Waals surface area contributed by atoms with Crippen molar-refractivity contribution < 1.29 is 12.8 Å². The van der Waals surface area contributed by atoms with Crippen LogP contribution < -0.4 is 15.4 Å². The molecule has 0 amide bonds. The average molecular weight is 438 g/mol. The van der Waals surface area contributed by atoms with Crippen LogP contribution in [0.4, 0.5) is 4.39 Å². The van der Waals surface area contributed by atoms with Gasteiger partial charge in [0.15, 0.2) is 0 Å². The maximum absolute atomic E-state index is 13.2. The molecule has 0 aliphatic carbocycles. The van der Waals surface area contributed by atoms with Crippen LogP contribution >= 0.6 is 0 Å². The summed E-state index contributed by atoms with van der Waals surface area (Å²) < 4.78 is 39.0. The van der Waals surface area contributed by atoms with Gasteiger partial charge in [0.1, 0.15) is 5.82 Å². The van der Waals surface area contributed by atoms with Gasteiger partial charge in [-0.05, 0) is 29.3 Å². The second kappa shape index (κ2) is 8.38. The summed E-state index contributed by atoms with van der Waals surface area (Å²) in [5, 5.41) is 10.8. The number of aromatic nitrogens is 2. The van der Waals surface area contributed by atoms with Gasteiger partial charge in [0.2, 0.25) is 0 Å². The van der Waals surface area contributed by atoms with Crippen molar-refractivity contribution in [3.05, 3.63) is 100 Å². The molecule has 3 N–H and O–H groups in total. The highest BCUT2D eigenvalue weighted by molar-refractivity contribution is 7.87. The molecular weight excluding hydrogens is 419 g/mol. The van der Waals surface area contributed by atoms with Gasteiger partial charge in [-0.25, -0.2) is 14.2 Å². The molecule has 9 heteroatoms. The van der Waals surface area contributed by atoms with Crippen LogP contribution in [0, 0.1) is 5.82 Å². The zero-order chi connectivity index (χ0) is 22.0. The van der Waals surface area contributed by atoms with Crippen molar-refractivity contribution in [2.24, 2.45) is 5.14 Å². The Morgan fingerprint density at radius 1 is 0.903 bits per heavy atom. The molecular formula is C22H19FN4O3S. The Bertz CT molecular complexity index is 1400. The molecule has 4 aromatic rings. The van der Waals surface area contributed by atoms with Crippen LogP contribution in [-0.2, 0) is 23.3 Å². The third-order valence-corrected chi connectivity index (χ3v) is 5.36. The van der Waals surface area contributed by atoms with Crippen molar-refractivity contribution in [2.45, 2.75) is 13.1 Å². The minimum atomic E-state index is -3.78. The van der Waals surface area contributed by atoms with Crippen molar-refractivity contribution in [1.29, 1.82) is 0 Å². The number of hydrogen-bond acceptors (Lipinski definition) is 4. The fraction of sp³-hybridized carbons (Fsp3) is 0.0909. The molecule has 0 radical (unpaired) electrons. The van der Waals surface area contributed by atoms with Crippen molar-refractivity contribution in [3.8, 4) is 11.3 Å². The lowest BCUT2D eigenvalue weighted by Gasteiger charge is -2.12. The van der Waals surface area contributed by atoms with E-state index >= 15 is 0 Å². The summed E-state index contributed by atoms with van der Waals surface area (Å²) in [4.78, 5) is 13.0. The molecule has 158 valence electrons. The van der Waals surface area contributed by atoms with Crippen molar-refractivity contribution in [2.75, 3.05) is 0 Å². The average Bonchev–Trinajstić information content (AvgIpc) is 2.76. The maximum atomic E-state index is 13.2. The molecule has 0 fully saturated rings. The molecule has 0 aliphatic heterocycles. The Labute approximate surface area is 178 Å². The van der Waals surface area contributed by atoms with Gasteiger partial charge in [0, 0.05) is 17.5 Å². The van der Waals surface area contributed by atoms with E-state index in [4.69, 9.17) is 5.14 Å². The number of nitrogens with one attached hydrogen (secondary N) is 1. The van der Waals surface area contributed by atoms with Crippen molar-refractivity contribution in [3.63, 3.8) is 0 Å². The van der Waals surface area contributed by atoms with E-state index in [0.29, 0.717) is 16.5 Å². The summed E-state index contributed by atoms with van der Waals surface area (Å²) >= 11 is 0. The summed E-state index contributed by atoms with van der Waals surface area (Å²) in [6.07, 6.45) is 0. The fourth-order valence-corrected chi connectivity index (χ4v) is 3.65. The number of nitrogens with zero attached hydrogens (tertiary/aromatic N) is 2. The molecule has 1 heterocycles. The summed E-state index contributed by atoms with van der Waals surface area (Å²) in [6, 6.07) is 20.3. The van der Waals surface area contributed by atoms with E-state index in [9.17, 15) is 17.6 Å². The molecule has 3 aromatic carbocycles. The van der Waals surface area contributed by atoms with Gasteiger partial charge in [-0.1, -0.05) is 54.6 Å². The second-order valence-corrected chi connectivity index (χ2v) is 8.43. The Morgan fingerprint density at radius 2 is 1.52 bits per heavy atom. The van der Waals surface area contributed by atoms with Crippen LogP contribution in [0.3, 0.4) is 0 Å². The normalized spacial score (nSPS) is 11.7. The topological polar surface area (TPSA) is 107 Å². The number of hydrogen-bond donors (Lipinski definition) is 2. The van der Waals surface area contributed by atoms with Crippen molar-refractivity contribution in [1.82, 2.24) is 14.5 Å². The number of halogens is 1. The zero-order valence-corrected chi connectivity index (χ0v) is 17.1. The minimum absolute atomic E-state index is 0.0668. The molecule has 0 saturated carbocycles. The summed E-state index contributed by atoms with van der Waals surface area (Å²) in [6.45, 7) is 0.269. The first-order chi connectivity index (χ1) is 14.8. The fourth-order valence-electron chi connectivity index (χ4n) is 3.28. The van der Waals surface area contributed by atoms with E-state index in [1.807, 2.05) is 24.3 Å². The van der Waals surface area contributed by atoms with Gasteiger partial charge in [0.05, 0.1) is 17.6 Å². The summed E-state index contributed by atoms with van der Waals surface area (Å²) in [5.74, 6) is -0.347. The highest BCUT2D eigenvalue weighted by Gasteiger charge is 2.13. The van der Waals surface area contributed by atoms with Crippen LogP contribution in [-0.4, -0.2) is 18.2 Å². The van der Waals surface area contributed by atoms with E-state index in [2.05, 4.69) is 9.82 Å². The molecule has 0 spiro atoms. The van der Waals surface area contributed by atoms with Crippen LogP contribution in [0.1, 0.15) is 11.1 Å². The van der Waals surface area contributed by atoms with E-state index < -0.39 is 10.2 Å². The van der Waals surface area contributed by atoms with E-state index in [1.54, 1.807) is 36.4 Å². The van der Waals surface area contributed by atoms with Gasteiger partial charge in [-0.3, -0.25) is 4.79 Å². The highest BCUT2D eigenvalue weighted by atomic mass is 32.2. The van der Waals surface area contributed by atoms with Gasteiger partial charge < -0.3 is 0 Å². The Morgan fingerprint density at radius 3 is 2.16 bits per heavy atom. The van der Waals surface area contributed by atoms with Crippen LogP contribution in [0.2, 0.25) is 0 Å². The summed E-state index contributed by atoms with van der Waals surface area (Å²) in [5.41, 5.74) is 2.62. The van der Waals surface area contributed by atoms with Crippen LogP contribution in [0.25, 0.3) is 22.0 Å². The van der Waals surface area contributed by atoms with Gasteiger partial charge in [-0.15, -0.1) is 0 Å². The standard InChI is InChI=1S/C22H19FN4O3S/c23-18-11-7-16(8-12-18)14-27-22(28)20-4-2-1-3-19(20)21(26-27)17-9-5-15(6-10-17)13-25-31(24,29)30/h1-12,25H,13-14H2,(H2,24,29,30). The van der Waals surface area contributed by atoms with Gasteiger partial charge in [-0.2, -0.15) is 18.2 Å². The highest BCUT2D eigenvalue weighted by Crippen LogP contribution is 2.25. The molecule has 0 aliphatic rings. The van der Waals surface area contributed by atoms with E-state index in [0.717, 1.165) is 16.7 Å². The quantitative estimate of drug-likeness (QED) is 0.482. The SMILES string of the molecule is NS(=O)(=O)NCc1ccc(-c2nn(Cc3ccc(F)cc3)c(=O)c3ccccc23)cc1. The molecule has 31 heavy (non-hydrogen) atoms. The predicted molar refractivity (Wildman–Crippen MR) is 117 cm³/mol. The van der Waals surface area contributed by atoms with Crippen LogP contribution in [0.5, 0.6) is 0 Å². The zero-order valence-electron chi connectivity index (χ0n) is 16.3. The Hall–Kier alpha value is -3.40.